The first-order valence-electron chi connectivity index (χ1n) is 3.68. The summed E-state index contributed by atoms with van der Waals surface area (Å²) in [5.41, 5.74) is 0. The third kappa shape index (κ3) is 6.02. The van der Waals surface area contributed by atoms with Gasteiger partial charge in [0.15, 0.2) is 0 Å². The van der Waals surface area contributed by atoms with E-state index in [0.717, 1.165) is 18.1 Å². The van der Waals surface area contributed by atoms with Crippen molar-refractivity contribution in [2.45, 2.75) is 20.8 Å². The zero-order valence-corrected chi connectivity index (χ0v) is 7.83. The lowest BCUT2D eigenvalue weighted by Gasteiger charge is -2.00. The maximum Gasteiger partial charge on any atom is 0.0897 e. The van der Waals surface area contributed by atoms with E-state index >= 15 is 0 Å². The van der Waals surface area contributed by atoms with Gasteiger partial charge in [0.2, 0.25) is 0 Å². The van der Waals surface area contributed by atoms with Gasteiger partial charge in [-0.1, -0.05) is 6.92 Å². The zero-order chi connectivity index (χ0) is 7.82. The molecule has 0 rings (SSSR count). The van der Waals surface area contributed by atoms with Crippen molar-refractivity contribution in [2.75, 3.05) is 18.1 Å². The summed E-state index contributed by atoms with van der Waals surface area (Å²) in [5, 5.41) is 0. The lowest BCUT2D eigenvalue weighted by Crippen LogP contribution is -1.87. The van der Waals surface area contributed by atoms with E-state index < -0.39 is 0 Å². The van der Waals surface area contributed by atoms with E-state index in [1.54, 1.807) is 0 Å². The van der Waals surface area contributed by atoms with Crippen LogP contribution in [0.5, 0.6) is 0 Å². The topological polar surface area (TPSA) is 9.23 Å². The Morgan fingerprint density at radius 3 is 2.70 bits per heavy atom. The fourth-order valence-electron chi connectivity index (χ4n) is 0.581. The second kappa shape index (κ2) is 7.00. The van der Waals surface area contributed by atoms with E-state index in [4.69, 9.17) is 4.74 Å². The molecule has 0 aliphatic heterocycles. The van der Waals surface area contributed by atoms with Gasteiger partial charge in [-0.05, 0) is 25.7 Å². The number of hydrogen-bond donors (Lipinski definition) is 0. The summed E-state index contributed by atoms with van der Waals surface area (Å²) in [6, 6.07) is 0. The van der Waals surface area contributed by atoms with Crippen molar-refractivity contribution in [3.05, 3.63) is 11.8 Å². The first-order chi connectivity index (χ1) is 4.81. The molecule has 0 aromatic carbocycles. The standard InChI is InChI=1S/C8H16OS/c1-4-9-8(3)6-7-10-5-2/h6H,4-5,7H2,1-3H3/b8-6-. The van der Waals surface area contributed by atoms with Gasteiger partial charge in [-0.2, -0.15) is 11.8 Å². The highest BCUT2D eigenvalue weighted by Crippen LogP contribution is 2.02. The summed E-state index contributed by atoms with van der Waals surface area (Å²) in [5.74, 6) is 3.29. The molecule has 0 bridgehead atoms. The molecule has 0 aromatic heterocycles. The molecule has 0 saturated heterocycles. The summed E-state index contributed by atoms with van der Waals surface area (Å²) in [6.45, 7) is 6.94. The van der Waals surface area contributed by atoms with Crippen LogP contribution in [0, 0.1) is 0 Å². The lowest BCUT2D eigenvalue weighted by atomic mass is 10.5. The van der Waals surface area contributed by atoms with Crippen molar-refractivity contribution in [1.82, 2.24) is 0 Å². The van der Waals surface area contributed by atoms with Crippen LogP contribution >= 0.6 is 11.8 Å². The molecular formula is C8H16OS. The predicted molar refractivity (Wildman–Crippen MR) is 48.4 cm³/mol. The average molecular weight is 160 g/mol. The molecule has 60 valence electrons. The Balaban J connectivity index is 3.28. The Morgan fingerprint density at radius 2 is 2.20 bits per heavy atom. The fourth-order valence-corrected chi connectivity index (χ4v) is 1.17. The molecule has 10 heavy (non-hydrogen) atoms. The lowest BCUT2D eigenvalue weighted by molar-refractivity contribution is 0.231. The smallest absolute Gasteiger partial charge is 0.0897 e. The van der Waals surface area contributed by atoms with E-state index in [-0.39, 0.29) is 0 Å². The molecule has 0 aromatic rings. The minimum atomic E-state index is 0.777. The van der Waals surface area contributed by atoms with Gasteiger partial charge in [0.25, 0.3) is 0 Å². The summed E-state index contributed by atoms with van der Waals surface area (Å²) >= 11 is 1.91. The van der Waals surface area contributed by atoms with E-state index in [9.17, 15) is 0 Å². The second-order valence-corrected chi connectivity index (χ2v) is 3.23. The predicted octanol–water partition coefficient (Wildman–Crippen LogP) is 2.68. The quantitative estimate of drug-likeness (QED) is 0.452. The van der Waals surface area contributed by atoms with Crippen LogP contribution in [0.3, 0.4) is 0 Å². The first-order valence-corrected chi connectivity index (χ1v) is 4.84. The third-order valence-corrected chi connectivity index (χ3v) is 1.88. The van der Waals surface area contributed by atoms with Crippen molar-refractivity contribution in [3.8, 4) is 0 Å². The van der Waals surface area contributed by atoms with Gasteiger partial charge in [-0.3, -0.25) is 0 Å². The molecule has 0 N–H and O–H groups in total. The average Bonchev–Trinajstić information content (AvgIpc) is 1.89. The molecule has 0 saturated carbocycles. The molecule has 0 atom stereocenters. The van der Waals surface area contributed by atoms with Gasteiger partial charge in [-0.15, -0.1) is 0 Å². The Bertz CT molecular complexity index is 99.4. The van der Waals surface area contributed by atoms with E-state index in [1.807, 2.05) is 25.6 Å². The maximum absolute atomic E-state index is 5.24. The van der Waals surface area contributed by atoms with Crippen molar-refractivity contribution in [3.63, 3.8) is 0 Å². The normalized spacial score (nSPS) is 11.7. The molecule has 0 spiro atoms. The number of thioether (sulfide) groups is 1. The second-order valence-electron chi connectivity index (χ2n) is 1.91. The maximum atomic E-state index is 5.24. The molecule has 0 aliphatic rings. The summed E-state index contributed by atoms with van der Waals surface area (Å²) in [6.07, 6.45) is 2.12. The molecule has 0 fully saturated rings. The monoisotopic (exact) mass is 160 g/mol. The largest absolute Gasteiger partial charge is 0.499 e. The van der Waals surface area contributed by atoms with Crippen LogP contribution < -0.4 is 0 Å². The molecule has 2 heteroatoms. The molecule has 0 heterocycles. The number of allylic oxidation sites excluding steroid dienone is 1. The van der Waals surface area contributed by atoms with Crippen LogP contribution in [0.4, 0.5) is 0 Å². The Morgan fingerprint density at radius 1 is 1.50 bits per heavy atom. The summed E-state index contributed by atoms with van der Waals surface area (Å²) < 4.78 is 5.24. The van der Waals surface area contributed by atoms with Gasteiger partial charge < -0.3 is 4.74 Å². The summed E-state index contributed by atoms with van der Waals surface area (Å²) in [4.78, 5) is 0. The molecule has 0 amide bonds. The molecule has 1 nitrogen and oxygen atoms in total. The number of rotatable bonds is 5. The third-order valence-electron chi connectivity index (χ3n) is 1.06. The Kier molecular flexibility index (Phi) is 6.93. The van der Waals surface area contributed by atoms with Gasteiger partial charge in [-0.25, -0.2) is 0 Å². The highest BCUT2D eigenvalue weighted by molar-refractivity contribution is 7.99. The van der Waals surface area contributed by atoms with Crippen LogP contribution in [-0.4, -0.2) is 18.1 Å². The highest BCUT2D eigenvalue weighted by Gasteiger charge is 1.85. The minimum absolute atomic E-state index is 0.777. The van der Waals surface area contributed by atoms with Crippen molar-refractivity contribution >= 4 is 11.8 Å². The van der Waals surface area contributed by atoms with Crippen LogP contribution in [0.15, 0.2) is 11.8 Å². The SMILES string of the molecule is CCO/C(C)=C\CSCC. The van der Waals surface area contributed by atoms with Crippen molar-refractivity contribution < 1.29 is 4.74 Å². The first kappa shape index (κ1) is 9.89. The van der Waals surface area contributed by atoms with E-state index in [2.05, 4.69) is 13.0 Å². The number of ether oxygens (including phenoxy) is 1. The molecule has 0 unspecified atom stereocenters. The zero-order valence-electron chi connectivity index (χ0n) is 7.02. The van der Waals surface area contributed by atoms with Crippen molar-refractivity contribution in [1.29, 1.82) is 0 Å². The van der Waals surface area contributed by atoms with Crippen LogP contribution in [0.1, 0.15) is 20.8 Å². The Labute approximate surface area is 67.8 Å². The molecular weight excluding hydrogens is 144 g/mol. The Hall–Kier alpha value is -0.110. The van der Waals surface area contributed by atoms with Crippen molar-refractivity contribution in [2.24, 2.45) is 0 Å². The molecule has 0 radical (unpaired) electrons. The van der Waals surface area contributed by atoms with Gasteiger partial charge in [0.1, 0.15) is 0 Å². The fraction of sp³-hybridized carbons (Fsp3) is 0.750. The van der Waals surface area contributed by atoms with E-state index in [1.165, 1.54) is 5.75 Å². The summed E-state index contributed by atoms with van der Waals surface area (Å²) in [7, 11) is 0. The van der Waals surface area contributed by atoms with Crippen LogP contribution in [0.25, 0.3) is 0 Å². The molecule has 0 aliphatic carbocycles. The van der Waals surface area contributed by atoms with Gasteiger partial charge in [0, 0.05) is 5.75 Å². The van der Waals surface area contributed by atoms with Crippen LogP contribution in [-0.2, 0) is 4.74 Å². The van der Waals surface area contributed by atoms with Gasteiger partial charge >= 0.3 is 0 Å². The number of hydrogen-bond acceptors (Lipinski definition) is 2. The minimum Gasteiger partial charge on any atom is -0.499 e. The highest BCUT2D eigenvalue weighted by atomic mass is 32.2. The van der Waals surface area contributed by atoms with Crippen LogP contribution in [0.2, 0.25) is 0 Å². The van der Waals surface area contributed by atoms with E-state index in [0.29, 0.717) is 0 Å². The van der Waals surface area contributed by atoms with Gasteiger partial charge in [0.05, 0.1) is 12.4 Å².